The number of aliphatic hydroxyl groups is 1. The third-order valence-corrected chi connectivity index (χ3v) is 3.50. The molecule has 17 heavy (non-hydrogen) atoms. The molecule has 1 aliphatic rings. The van der Waals surface area contributed by atoms with E-state index in [0.717, 1.165) is 38.1 Å². The van der Waals surface area contributed by atoms with E-state index in [1.54, 1.807) is 6.33 Å². The first-order valence-electron chi connectivity index (χ1n) is 6.42. The van der Waals surface area contributed by atoms with E-state index in [9.17, 15) is 0 Å². The number of nitrogens with zero attached hydrogens (tertiary/aromatic N) is 3. The van der Waals surface area contributed by atoms with Crippen LogP contribution in [0.15, 0.2) is 6.33 Å². The fourth-order valence-electron chi connectivity index (χ4n) is 2.34. The zero-order chi connectivity index (χ0) is 12.1. The van der Waals surface area contributed by atoms with Gasteiger partial charge in [0.1, 0.15) is 12.9 Å². The lowest BCUT2D eigenvalue weighted by atomic mass is 9.88. The van der Waals surface area contributed by atoms with Gasteiger partial charge in [-0.1, -0.05) is 0 Å². The van der Waals surface area contributed by atoms with Crippen LogP contribution in [0.25, 0.3) is 0 Å². The van der Waals surface area contributed by atoms with E-state index in [-0.39, 0.29) is 0 Å². The summed E-state index contributed by atoms with van der Waals surface area (Å²) < 4.78 is 7.72. The van der Waals surface area contributed by atoms with Gasteiger partial charge in [0.15, 0.2) is 5.82 Å². The number of ether oxygens (including phenoxy) is 1. The SMILES string of the molecule is CCn1ncnc1COC1CCC(CO)CC1. The van der Waals surface area contributed by atoms with Crippen LogP contribution in [-0.2, 0) is 17.9 Å². The predicted octanol–water partition coefficient (Wildman–Crippen LogP) is 1.37. The zero-order valence-corrected chi connectivity index (χ0v) is 10.4. The molecule has 5 heteroatoms. The molecule has 0 amide bonds. The van der Waals surface area contributed by atoms with Gasteiger partial charge in [-0.05, 0) is 38.5 Å². The van der Waals surface area contributed by atoms with Crippen LogP contribution in [0.3, 0.4) is 0 Å². The Balaban J connectivity index is 1.76. The Kier molecular flexibility index (Phi) is 4.50. The Morgan fingerprint density at radius 3 is 2.82 bits per heavy atom. The molecule has 1 aromatic rings. The van der Waals surface area contributed by atoms with Gasteiger partial charge in [0, 0.05) is 13.2 Å². The Morgan fingerprint density at radius 1 is 1.41 bits per heavy atom. The van der Waals surface area contributed by atoms with Crippen LogP contribution in [0.2, 0.25) is 0 Å². The Hall–Kier alpha value is -0.940. The first kappa shape index (κ1) is 12.5. The predicted molar refractivity (Wildman–Crippen MR) is 63.3 cm³/mol. The van der Waals surface area contributed by atoms with Crippen molar-refractivity contribution in [1.29, 1.82) is 0 Å². The van der Waals surface area contributed by atoms with Gasteiger partial charge in [0.2, 0.25) is 0 Å². The van der Waals surface area contributed by atoms with Crippen LogP contribution in [-0.4, -0.2) is 32.6 Å². The van der Waals surface area contributed by atoms with Gasteiger partial charge < -0.3 is 9.84 Å². The third kappa shape index (κ3) is 3.26. The van der Waals surface area contributed by atoms with Crippen LogP contribution in [0, 0.1) is 5.92 Å². The first-order valence-corrected chi connectivity index (χ1v) is 6.42. The highest BCUT2D eigenvalue weighted by atomic mass is 16.5. The van der Waals surface area contributed by atoms with Gasteiger partial charge in [-0.15, -0.1) is 0 Å². The lowest BCUT2D eigenvalue weighted by molar-refractivity contribution is -0.00297. The number of rotatable bonds is 5. The van der Waals surface area contributed by atoms with Crippen molar-refractivity contribution in [2.75, 3.05) is 6.61 Å². The average Bonchev–Trinajstić information content (AvgIpc) is 2.84. The number of aromatic nitrogens is 3. The Labute approximate surface area is 102 Å². The average molecular weight is 239 g/mol. The molecule has 0 radical (unpaired) electrons. The van der Waals surface area contributed by atoms with Crippen molar-refractivity contribution in [2.24, 2.45) is 5.92 Å². The van der Waals surface area contributed by atoms with Gasteiger partial charge in [-0.3, -0.25) is 0 Å². The van der Waals surface area contributed by atoms with Crippen LogP contribution < -0.4 is 0 Å². The Morgan fingerprint density at radius 2 is 2.18 bits per heavy atom. The minimum Gasteiger partial charge on any atom is -0.396 e. The second-order valence-electron chi connectivity index (χ2n) is 4.63. The molecule has 0 aliphatic heterocycles. The molecule has 5 nitrogen and oxygen atoms in total. The van der Waals surface area contributed by atoms with E-state index in [1.807, 2.05) is 11.6 Å². The van der Waals surface area contributed by atoms with Crippen LogP contribution in [0.1, 0.15) is 38.4 Å². The standard InChI is InChI=1S/C12H21N3O2/c1-2-15-12(13-9-14-15)8-17-11-5-3-10(7-16)4-6-11/h9-11,16H,2-8H2,1H3. The lowest BCUT2D eigenvalue weighted by Gasteiger charge is -2.27. The molecule has 1 aromatic heterocycles. The molecule has 0 unspecified atom stereocenters. The molecule has 0 saturated heterocycles. The summed E-state index contributed by atoms with van der Waals surface area (Å²) >= 11 is 0. The monoisotopic (exact) mass is 239 g/mol. The normalized spacial score (nSPS) is 25.1. The summed E-state index contributed by atoms with van der Waals surface area (Å²) in [6.07, 6.45) is 6.13. The molecule has 1 saturated carbocycles. The largest absolute Gasteiger partial charge is 0.396 e. The minimum absolute atomic E-state index is 0.316. The van der Waals surface area contributed by atoms with Crippen molar-refractivity contribution in [3.05, 3.63) is 12.2 Å². The van der Waals surface area contributed by atoms with Gasteiger partial charge in [0.25, 0.3) is 0 Å². The van der Waals surface area contributed by atoms with Gasteiger partial charge in [-0.25, -0.2) is 9.67 Å². The molecule has 96 valence electrons. The van der Waals surface area contributed by atoms with E-state index in [0.29, 0.717) is 25.2 Å². The van der Waals surface area contributed by atoms with Crippen molar-refractivity contribution in [1.82, 2.24) is 14.8 Å². The maximum absolute atomic E-state index is 9.06. The second kappa shape index (κ2) is 6.12. The number of hydrogen-bond donors (Lipinski definition) is 1. The molecule has 1 N–H and O–H groups in total. The van der Waals surface area contributed by atoms with Gasteiger partial charge >= 0.3 is 0 Å². The summed E-state index contributed by atoms with van der Waals surface area (Å²) in [5.74, 6) is 1.38. The summed E-state index contributed by atoms with van der Waals surface area (Å²) in [6, 6.07) is 0. The summed E-state index contributed by atoms with van der Waals surface area (Å²) in [6.45, 7) is 3.74. The Bertz CT molecular complexity index is 332. The topological polar surface area (TPSA) is 60.2 Å². The molecule has 0 spiro atoms. The molecular formula is C12H21N3O2. The van der Waals surface area contributed by atoms with Crippen LogP contribution >= 0.6 is 0 Å². The van der Waals surface area contributed by atoms with Gasteiger partial charge in [0.05, 0.1) is 6.10 Å². The molecular weight excluding hydrogens is 218 g/mol. The molecule has 0 bridgehead atoms. The summed E-state index contributed by atoms with van der Waals surface area (Å²) in [7, 11) is 0. The van der Waals surface area contributed by atoms with Crippen LogP contribution in [0.5, 0.6) is 0 Å². The van der Waals surface area contributed by atoms with E-state index in [2.05, 4.69) is 10.1 Å². The van der Waals surface area contributed by atoms with Gasteiger partial charge in [-0.2, -0.15) is 5.10 Å². The molecule has 1 aliphatic carbocycles. The number of aliphatic hydroxyl groups excluding tert-OH is 1. The number of hydrogen-bond acceptors (Lipinski definition) is 4. The summed E-state index contributed by atoms with van der Waals surface area (Å²) in [5.41, 5.74) is 0. The van der Waals surface area contributed by atoms with Crippen LogP contribution in [0.4, 0.5) is 0 Å². The van der Waals surface area contributed by atoms with E-state index < -0.39 is 0 Å². The highest BCUT2D eigenvalue weighted by Gasteiger charge is 2.21. The maximum atomic E-state index is 9.06. The fraction of sp³-hybridized carbons (Fsp3) is 0.833. The summed E-state index contributed by atoms with van der Waals surface area (Å²) in [4.78, 5) is 4.19. The lowest BCUT2D eigenvalue weighted by Crippen LogP contribution is -2.23. The van der Waals surface area contributed by atoms with Crippen molar-refractivity contribution in [3.8, 4) is 0 Å². The van der Waals surface area contributed by atoms with Crippen molar-refractivity contribution < 1.29 is 9.84 Å². The third-order valence-electron chi connectivity index (χ3n) is 3.50. The minimum atomic E-state index is 0.316. The fourth-order valence-corrected chi connectivity index (χ4v) is 2.34. The molecule has 2 rings (SSSR count). The molecule has 0 aromatic carbocycles. The highest BCUT2D eigenvalue weighted by molar-refractivity contribution is 4.82. The van der Waals surface area contributed by atoms with Crippen molar-refractivity contribution >= 4 is 0 Å². The quantitative estimate of drug-likeness (QED) is 0.843. The zero-order valence-electron chi connectivity index (χ0n) is 10.4. The van der Waals surface area contributed by atoms with E-state index >= 15 is 0 Å². The van der Waals surface area contributed by atoms with E-state index in [4.69, 9.17) is 9.84 Å². The second-order valence-corrected chi connectivity index (χ2v) is 4.63. The first-order chi connectivity index (χ1) is 8.33. The molecule has 1 heterocycles. The van der Waals surface area contributed by atoms with Crippen molar-refractivity contribution in [2.45, 2.75) is 51.9 Å². The number of aryl methyl sites for hydroxylation is 1. The molecule has 0 atom stereocenters. The van der Waals surface area contributed by atoms with Crippen molar-refractivity contribution in [3.63, 3.8) is 0 Å². The van der Waals surface area contributed by atoms with E-state index in [1.165, 1.54) is 0 Å². The smallest absolute Gasteiger partial charge is 0.152 e. The maximum Gasteiger partial charge on any atom is 0.152 e. The molecule has 1 fully saturated rings. The summed E-state index contributed by atoms with van der Waals surface area (Å²) in [5, 5.41) is 13.2. The highest BCUT2D eigenvalue weighted by Crippen LogP contribution is 2.26.